The molecule has 4 rings (SSSR count). The summed E-state index contributed by atoms with van der Waals surface area (Å²) in [7, 11) is 3.52. The van der Waals surface area contributed by atoms with Gasteiger partial charge in [-0.05, 0) is 58.6 Å². The number of nitrogens with one attached hydrogen (secondary N) is 1. The average Bonchev–Trinajstić information content (AvgIpc) is 3.39. The van der Waals surface area contributed by atoms with Crippen LogP contribution in [-0.2, 0) is 30.6 Å². The lowest BCUT2D eigenvalue weighted by Gasteiger charge is -2.30. The summed E-state index contributed by atoms with van der Waals surface area (Å²) in [5.74, 6) is -2.59. The molecular weight excluding hydrogens is 593 g/mol. The number of nitrogens with zero attached hydrogens (tertiary/aromatic N) is 5. The summed E-state index contributed by atoms with van der Waals surface area (Å²) in [6, 6.07) is 7.32. The van der Waals surface area contributed by atoms with Gasteiger partial charge in [-0.3, -0.25) is 9.36 Å². The summed E-state index contributed by atoms with van der Waals surface area (Å²) in [5.41, 5.74) is -2.13. The number of carbonyl (C=O) groups is 1. The van der Waals surface area contributed by atoms with E-state index in [9.17, 15) is 9.90 Å². The van der Waals surface area contributed by atoms with Crippen molar-refractivity contribution in [1.82, 2.24) is 24.6 Å². The molecule has 0 bridgehead atoms. The second kappa shape index (κ2) is 12.1. The third kappa shape index (κ3) is 6.56. The van der Waals surface area contributed by atoms with Gasteiger partial charge in [-0.15, -0.1) is 0 Å². The van der Waals surface area contributed by atoms with Gasteiger partial charge in [-0.1, -0.05) is 18.2 Å². The minimum atomic E-state index is -3.72. The molecule has 1 aliphatic rings. The predicted molar refractivity (Wildman–Crippen MR) is 155 cm³/mol. The van der Waals surface area contributed by atoms with E-state index in [0.29, 0.717) is 17.2 Å². The number of esters is 1. The van der Waals surface area contributed by atoms with E-state index in [1.54, 1.807) is 70.1 Å². The molecule has 42 heavy (non-hydrogen) atoms. The molecule has 16 heteroatoms. The Hall–Kier alpha value is -2.81. The van der Waals surface area contributed by atoms with Crippen LogP contribution < -0.4 is 14.5 Å². The first-order valence-corrected chi connectivity index (χ1v) is 15.8. The highest BCUT2D eigenvalue weighted by Crippen LogP contribution is 2.52. The number of rotatable bonds is 11. The first-order valence-electron chi connectivity index (χ1n) is 13.2. The summed E-state index contributed by atoms with van der Waals surface area (Å²) in [6.45, 7) is 2.77. The highest BCUT2D eigenvalue weighted by atomic mass is 32.5. The smallest absolute Gasteiger partial charge is 0.323 e. The number of aryl methyl sites for hydroxylation is 1. The molecule has 0 saturated carbocycles. The number of ether oxygens (including phenoxy) is 2. The average molecular weight is 629 g/mol. The van der Waals surface area contributed by atoms with Crippen LogP contribution in [0.4, 0.5) is 14.6 Å². The van der Waals surface area contributed by atoms with Gasteiger partial charge in [0, 0.05) is 14.1 Å². The van der Waals surface area contributed by atoms with Gasteiger partial charge in [-0.2, -0.15) is 0 Å². The lowest BCUT2D eigenvalue weighted by molar-refractivity contribution is -0.202. The third-order valence-electron chi connectivity index (χ3n) is 6.38. The number of aromatic nitrogens is 4. The molecule has 12 nitrogen and oxygen atoms in total. The number of fused-ring (bicyclic) bond motifs is 1. The zero-order valence-corrected chi connectivity index (χ0v) is 26.0. The summed E-state index contributed by atoms with van der Waals surface area (Å²) in [4.78, 5) is 27.2. The van der Waals surface area contributed by atoms with Crippen LogP contribution >= 0.6 is 6.64 Å². The number of aliphatic hydroxyl groups excluding tert-OH is 1. The number of anilines is 1. The van der Waals surface area contributed by atoms with Crippen LogP contribution in [0.15, 0.2) is 36.7 Å². The first kappa shape index (κ1) is 32.1. The molecule has 3 aromatic rings. The lowest BCUT2D eigenvalue weighted by atomic mass is 9.97. The number of hydrogen-bond acceptors (Lipinski definition) is 11. The fourth-order valence-corrected chi connectivity index (χ4v) is 6.76. The first-order chi connectivity index (χ1) is 19.6. The van der Waals surface area contributed by atoms with E-state index in [0.717, 1.165) is 6.92 Å². The van der Waals surface area contributed by atoms with Gasteiger partial charge in [0.1, 0.15) is 24.2 Å². The summed E-state index contributed by atoms with van der Waals surface area (Å²) in [6.07, 6.45) is -3.14. The van der Waals surface area contributed by atoms with Gasteiger partial charge >= 0.3 is 12.6 Å². The van der Waals surface area contributed by atoms with Crippen molar-refractivity contribution in [2.45, 2.75) is 70.6 Å². The Labute approximate surface area is 247 Å². The molecule has 6 atom stereocenters. The summed E-state index contributed by atoms with van der Waals surface area (Å²) < 4.78 is 56.1. The molecule has 0 aliphatic carbocycles. The second-order valence-electron chi connectivity index (χ2n) is 10.6. The van der Waals surface area contributed by atoms with Crippen molar-refractivity contribution >= 4 is 41.4 Å². The molecule has 0 spiro atoms. The Kier molecular flexibility index (Phi) is 9.22. The van der Waals surface area contributed by atoms with E-state index in [4.69, 9.17) is 30.3 Å². The molecule has 1 aromatic carbocycles. The summed E-state index contributed by atoms with van der Waals surface area (Å²) in [5, 5.41) is 13.7. The zero-order chi connectivity index (χ0) is 31.0. The predicted octanol–water partition coefficient (Wildman–Crippen LogP) is 3.73. The molecule has 1 fully saturated rings. The molecule has 1 saturated heterocycles. The standard InChI is InChI=1S/C26H35F2N6O6PS/c1-15(2)38-22(35)16(3)32-41(42,40-18-11-9-8-10-12-18)37-13-26(28)23(36)25(5,27)24(39-26)34-14-29-19-20(33(6)7)30-17(4)31-21(19)34/h8-12,14-16,23-24,36H,13H2,1-7H3,(H,32,42)/t16-,23-,24+,25+,26+,41?/m0/s1. The van der Waals surface area contributed by atoms with Gasteiger partial charge in [0.2, 0.25) is 0 Å². The van der Waals surface area contributed by atoms with Crippen molar-refractivity contribution in [3.8, 4) is 5.75 Å². The van der Waals surface area contributed by atoms with E-state index in [2.05, 4.69) is 20.0 Å². The van der Waals surface area contributed by atoms with Gasteiger partial charge in [0.15, 0.2) is 35.0 Å². The van der Waals surface area contributed by atoms with Gasteiger partial charge in [0.05, 0.1) is 12.4 Å². The Morgan fingerprint density at radius 2 is 1.93 bits per heavy atom. The van der Waals surface area contributed by atoms with E-state index >= 15 is 8.78 Å². The van der Waals surface area contributed by atoms with Crippen molar-refractivity contribution in [1.29, 1.82) is 0 Å². The maximum absolute atomic E-state index is 16.4. The molecule has 2 aromatic heterocycles. The van der Waals surface area contributed by atoms with E-state index in [1.807, 2.05) is 0 Å². The van der Waals surface area contributed by atoms with Crippen molar-refractivity contribution in [2.75, 3.05) is 25.6 Å². The maximum Gasteiger partial charge on any atom is 0.323 e. The Morgan fingerprint density at radius 3 is 2.55 bits per heavy atom. The van der Waals surface area contributed by atoms with Crippen LogP contribution in [0.3, 0.4) is 0 Å². The fourth-order valence-electron chi connectivity index (χ4n) is 4.36. The summed E-state index contributed by atoms with van der Waals surface area (Å²) >= 11 is 5.61. The lowest BCUT2D eigenvalue weighted by Crippen LogP contribution is -2.47. The van der Waals surface area contributed by atoms with Crippen LogP contribution in [0.25, 0.3) is 11.2 Å². The van der Waals surface area contributed by atoms with Crippen LogP contribution in [-0.4, -0.2) is 81.1 Å². The van der Waals surface area contributed by atoms with Crippen LogP contribution in [0.2, 0.25) is 0 Å². The Morgan fingerprint density at radius 1 is 1.26 bits per heavy atom. The second-order valence-corrected chi connectivity index (χ2v) is 13.8. The number of para-hydroxylation sites is 1. The Balaban J connectivity index is 1.62. The molecule has 1 aliphatic heterocycles. The topological polar surface area (TPSA) is 133 Å². The van der Waals surface area contributed by atoms with Crippen LogP contribution in [0.1, 0.15) is 39.7 Å². The minimum absolute atomic E-state index is 0.189. The van der Waals surface area contributed by atoms with Crippen molar-refractivity contribution in [3.05, 3.63) is 42.5 Å². The number of alkyl halides is 2. The third-order valence-corrected chi connectivity index (χ3v) is 8.86. The molecule has 0 radical (unpaired) electrons. The van der Waals surface area contributed by atoms with E-state index in [-0.39, 0.29) is 11.4 Å². The number of benzene rings is 1. The molecule has 2 N–H and O–H groups in total. The number of carbonyl (C=O) groups excluding carboxylic acids is 1. The van der Waals surface area contributed by atoms with Crippen LogP contribution in [0, 0.1) is 6.92 Å². The normalized spacial score (nSPS) is 26.3. The zero-order valence-electron chi connectivity index (χ0n) is 24.3. The molecule has 230 valence electrons. The number of halogens is 2. The highest BCUT2D eigenvalue weighted by Gasteiger charge is 2.65. The molecule has 3 heterocycles. The Bertz CT molecular complexity index is 1480. The quantitative estimate of drug-likeness (QED) is 0.237. The minimum Gasteiger partial charge on any atom is -0.462 e. The number of aliphatic hydroxyl groups is 1. The molecular formula is C26H35F2N6O6PS. The van der Waals surface area contributed by atoms with E-state index < -0.39 is 55.2 Å². The largest absolute Gasteiger partial charge is 0.462 e. The van der Waals surface area contributed by atoms with Crippen molar-refractivity contribution in [3.63, 3.8) is 0 Å². The van der Waals surface area contributed by atoms with E-state index in [1.165, 1.54) is 17.8 Å². The van der Waals surface area contributed by atoms with Gasteiger partial charge in [-0.25, -0.2) is 28.8 Å². The van der Waals surface area contributed by atoms with Crippen LogP contribution in [0.5, 0.6) is 5.75 Å². The molecule has 1 unspecified atom stereocenters. The maximum atomic E-state index is 16.4. The number of hydrogen-bond donors (Lipinski definition) is 2. The highest BCUT2D eigenvalue weighted by molar-refractivity contribution is 8.09. The van der Waals surface area contributed by atoms with Crippen molar-refractivity contribution < 1.29 is 37.2 Å². The van der Waals surface area contributed by atoms with Gasteiger partial charge in [0.25, 0.3) is 5.85 Å². The number of imidazole rings is 1. The molecule has 0 amide bonds. The monoisotopic (exact) mass is 628 g/mol. The SMILES string of the molecule is Cc1nc(N(C)C)c2ncn([C@@H]3O[C@](F)(COP(=S)(N[C@@H](C)C(=O)OC(C)C)Oc4ccccc4)[C@@H](O)[C@@]3(C)F)c2n1. The van der Waals surface area contributed by atoms with Gasteiger partial charge < -0.3 is 28.5 Å². The van der Waals surface area contributed by atoms with Crippen molar-refractivity contribution in [2.24, 2.45) is 0 Å². The fraction of sp³-hybridized carbons (Fsp3) is 0.538.